The van der Waals surface area contributed by atoms with Crippen molar-refractivity contribution in [2.45, 2.75) is 44.6 Å². The maximum Gasteiger partial charge on any atom is 0.309 e. The van der Waals surface area contributed by atoms with Crippen LogP contribution in [0.5, 0.6) is 11.5 Å². The van der Waals surface area contributed by atoms with Crippen molar-refractivity contribution in [3.8, 4) is 11.5 Å². The standard InChI is InChI=1S/C16H22O4/c1-3-11-19-13-7-4-5-8-14(13)20-16(9-6-10-16)12-15(17)18-2/h4-5,7-8H,3,6,9-12H2,1-2H3. The van der Waals surface area contributed by atoms with Crippen LogP contribution in [0.15, 0.2) is 24.3 Å². The number of para-hydroxylation sites is 2. The van der Waals surface area contributed by atoms with Crippen molar-refractivity contribution in [3.63, 3.8) is 0 Å². The lowest BCUT2D eigenvalue weighted by Gasteiger charge is -2.41. The second-order valence-electron chi connectivity index (χ2n) is 5.19. The first kappa shape index (κ1) is 14.7. The van der Waals surface area contributed by atoms with Crippen LogP contribution in [-0.4, -0.2) is 25.3 Å². The molecule has 0 heterocycles. The highest BCUT2D eigenvalue weighted by molar-refractivity contribution is 5.70. The Hall–Kier alpha value is -1.71. The molecule has 20 heavy (non-hydrogen) atoms. The highest BCUT2D eigenvalue weighted by atomic mass is 16.5. The second-order valence-corrected chi connectivity index (χ2v) is 5.19. The summed E-state index contributed by atoms with van der Waals surface area (Å²) in [4.78, 5) is 11.5. The molecule has 110 valence electrons. The summed E-state index contributed by atoms with van der Waals surface area (Å²) in [6.45, 7) is 2.72. The third-order valence-corrected chi connectivity index (χ3v) is 3.60. The molecule has 0 radical (unpaired) electrons. The molecule has 0 spiro atoms. The molecule has 1 aromatic carbocycles. The monoisotopic (exact) mass is 278 g/mol. The molecule has 2 rings (SSSR count). The van der Waals surface area contributed by atoms with Gasteiger partial charge >= 0.3 is 5.97 Å². The highest BCUT2D eigenvalue weighted by Gasteiger charge is 2.42. The number of rotatable bonds is 7. The summed E-state index contributed by atoms with van der Waals surface area (Å²) in [5.41, 5.74) is -0.418. The Morgan fingerprint density at radius 3 is 2.50 bits per heavy atom. The van der Waals surface area contributed by atoms with Gasteiger partial charge in [0.1, 0.15) is 5.60 Å². The molecular weight excluding hydrogens is 256 g/mol. The van der Waals surface area contributed by atoms with Crippen LogP contribution < -0.4 is 9.47 Å². The van der Waals surface area contributed by atoms with Gasteiger partial charge in [0.25, 0.3) is 0 Å². The molecule has 4 heteroatoms. The van der Waals surface area contributed by atoms with Gasteiger partial charge in [-0.2, -0.15) is 0 Å². The Labute approximate surface area is 120 Å². The smallest absolute Gasteiger partial charge is 0.309 e. The fourth-order valence-electron chi connectivity index (χ4n) is 2.32. The van der Waals surface area contributed by atoms with Gasteiger partial charge in [0.15, 0.2) is 11.5 Å². The summed E-state index contributed by atoms with van der Waals surface area (Å²) >= 11 is 0. The molecule has 0 bridgehead atoms. The second kappa shape index (κ2) is 6.64. The van der Waals surface area contributed by atoms with E-state index in [4.69, 9.17) is 14.2 Å². The molecule has 1 aliphatic rings. The van der Waals surface area contributed by atoms with Crippen molar-refractivity contribution in [1.29, 1.82) is 0 Å². The van der Waals surface area contributed by atoms with Gasteiger partial charge in [0.2, 0.25) is 0 Å². The first-order chi connectivity index (χ1) is 9.69. The predicted molar refractivity (Wildman–Crippen MR) is 76.1 cm³/mol. The third kappa shape index (κ3) is 3.44. The Morgan fingerprint density at radius 2 is 1.95 bits per heavy atom. The molecular formula is C16H22O4. The van der Waals surface area contributed by atoms with Crippen molar-refractivity contribution in [2.75, 3.05) is 13.7 Å². The van der Waals surface area contributed by atoms with Crippen LogP contribution in [0.1, 0.15) is 39.0 Å². The molecule has 0 aliphatic heterocycles. The molecule has 0 aromatic heterocycles. The number of benzene rings is 1. The van der Waals surface area contributed by atoms with Gasteiger partial charge in [-0.15, -0.1) is 0 Å². The SMILES string of the molecule is CCCOc1ccccc1OC1(CC(=O)OC)CCC1. The molecule has 0 atom stereocenters. The van der Waals surface area contributed by atoms with E-state index in [0.717, 1.165) is 31.4 Å². The van der Waals surface area contributed by atoms with Crippen LogP contribution in [0.25, 0.3) is 0 Å². The molecule has 1 aliphatic carbocycles. The van der Waals surface area contributed by atoms with Gasteiger partial charge in [0.05, 0.1) is 20.1 Å². The van der Waals surface area contributed by atoms with Crippen LogP contribution in [0.3, 0.4) is 0 Å². The van der Waals surface area contributed by atoms with Crippen LogP contribution in [0, 0.1) is 0 Å². The Kier molecular flexibility index (Phi) is 4.88. The molecule has 0 unspecified atom stereocenters. The minimum atomic E-state index is -0.418. The topological polar surface area (TPSA) is 44.8 Å². The first-order valence-electron chi connectivity index (χ1n) is 7.17. The van der Waals surface area contributed by atoms with Crippen LogP contribution in [0.2, 0.25) is 0 Å². The normalized spacial score (nSPS) is 16.1. The summed E-state index contributed by atoms with van der Waals surface area (Å²) in [5, 5.41) is 0. The summed E-state index contributed by atoms with van der Waals surface area (Å²) in [6, 6.07) is 7.63. The fourth-order valence-corrected chi connectivity index (χ4v) is 2.32. The van der Waals surface area contributed by atoms with Crippen LogP contribution in [-0.2, 0) is 9.53 Å². The number of methoxy groups -OCH3 is 1. The summed E-state index contributed by atoms with van der Waals surface area (Å²) in [6.07, 6.45) is 4.08. The maximum absolute atomic E-state index is 11.5. The average Bonchev–Trinajstić information content (AvgIpc) is 2.43. The van der Waals surface area contributed by atoms with Gasteiger partial charge in [-0.3, -0.25) is 4.79 Å². The van der Waals surface area contributed by atoms with E-state index in [0.29, 0.717) is 18.8 Å². The van der Waals surface area contributed by atoms with E-state index in [2.05, 4.69) is 6.92 Å². The van der Waals surface area contributed by atoms with Crippen LogP contribution in [0.4, 0.5) is 0 Å². The average molecular weight is 278 g/mol. The predicted octanol–water partition coefficient (Wildman–Crippen LogP) is 3.34. The molecule has 1 fully saturated rings. The molecule has 0 amide bonds. The van der Waals surface area contributed by atoms with Gasteiger partial charge in [-0.25, -0.2) is 0 Å². The zero-order valence-electron chi connectivity index (χ0n) is 12.2. The van der Waals surface area contributed by atoms with E-state index in [1.807, 2.05) is 24.3 Å². The minimum Gasteiger partial charge on any atom is -0.490 e. The van der Waals surface area contributed by atoms with Crippen LogP contribution >= 0.6 is 0 Å². The van der Waals surface area contributed by atoms with Crippen molar-refractivity contribution < 1.29 is 19.0 Å². The zero-order chi connectivity index (χ0) is 14.4. The maximum atomic E-state index is 11.5. The molecule has 0 N–H and O–H groups in total. The first-order valence-corrected chi connectivity index (χ1v) is 7.17. The molecule has 0 saturated heterocycles. The lowest BCUT2D eigenvalue weighted by molar-refractivity contribution is -0.148. The Balaban J connectivity index is 2.09. The lowest BCUT2D eigenvalue weighted by Crippen LogP contribution is -2.45. The van der Waals surface area contributed by atoms with Gasteiger partial charge in [-0.05, 0) is 37.8 Å². The number of hydrogen-bond acceptors (Lipinski definition) is 4. The molecule has 4 nitrogen and oxygen atoms in total. The van der Waals surface area contributed by atoms with Gasteiger partial charge in [0, 0.05) is 0 Å². The van der Waals surface area contributed by atoms with E-state index < -0.39 is 5.60 Å². The number of esters is 1. The third-order valence-electron chi connectivity index (χ3n) is 3.60. The summed E-state index contributed by atoms with van der Waals surface area (Å²) in [7, 11) is 1.41. The number of carbonyl (C=O) groups is 1. The Morgan fingerprint density at radius 1 is 1.25 bits per heavy atom. The van der Waals surface area contributed by atoms with E-state index in [1.165, 1.54) is 7.11 Å². The zero-order valence-corrected chi connectivity index (χ0v) is 12.2. The molecule has 1 saturated carbocycles. The van der Waals surface area contributed by atoms with E-state index >= 15 is 0 Å². The quantitative estimate of drug-likeness (QED) is 0.718. The highest BCUT2D eigenvalue weighted by Crippen LogP contribution is 2.42. The Bertz CT molecular complexity index is 452. The van der Waals surface area contributed by atoms with Crippen molar-refractivity contribution in [1.82, 2.24) is 0 Å². The van der Waals surface area contributed by atoms with E-state index in [1.54, 1.807) is 0 Å². The number of hydrogen-bond donors (Lipinski definition) is 0. The van der Waals surface area contributed by atoms with E-state index in [9.17, 15) is 4.79 Å². The van der Waals surface area contributed by atoms with Crippen molar-refractivity contribution in [2.24, 2.45) is 0 Å². The number of carbonyl (C=O) groups excluding carboxylic acids is 1. The summed E-state index contributed by atoms with van der Waals surface area (Å²) in [5.74, 6) is 1.23. The molecule has 1 aromatic rings. The fraction of sp³-hybridized carbons (Fsp3) is 0.562. The van der Waals surface area contributed by atoms with Crippen molar-refractivity contribution in [3.05, 3.63) is 24.3 Å². The minimum absolute atomic E-state index is 0.225. The lowest BCUT2D eigenvalue weighted by atomic mass is 9.77. The van der Waals surface area contributed by atoms with Gasteiger partial charge < -0.3 is 14.2 Å². The van der Waals surface area contributed by atoms with Crippen molar-refractivity contribution >= 4 is 5.97 Å². The largest absolute Gasteiger partial charge is 0.490 e. The number of ether oxygens (including phenoxy) is 3. The van der Waals surface area contributed by atoms with E-state index in [-0.39, 0.29) is 5.97 Å². The summed E-state index contributed by atoms with van der Waals surface area (Å²) < 4.78 is 16.6. The van der Waals surface area contributed by atoms with Gasteiger partial charge in [-0.1, -0.05) is 19.1 Å².